The first-order valence-electron chi connectivity index (χ1n) is 10.3. The standard InChI is InChI=1S/C21H30ClN5O5/c1-21(2,3)32-20(31)25-15-10-12(19(30)27(4)5)6-8-14(15)24-17(28)18(29)26-16-9-7-13(22)11-23-16/h7,9,11-12,14-15H,6,8,10H2,1-5H3,(H,24,28)(H,25,31)(H,23,26,29)/t12-,14-,15?/m0/s1. The minimum atomic E-state index is -0.901. The number of ether oxygens (including phenoxy) is 1. The van der Waals surface area contributed by atoms with Gasteiger partial charge in [-0.05, 0) is 52.2 Å². The molecule has 0 radical (unpaired) electrons. The van der Waals surface area contributed by atoms with Gasteiger partial charge in [0.15, 0.2) is 0 Å². The Hall–Kier alpha value is -2.88. The molecule has 0 saturated heterocycles. The molecule has 0 aromatic carbocycles. The molecule has 10 nitrogen and oxygen atoms in total. The van der Waals surface area contributed by atoms with Gasteiger partial charge in [0, 0.05) is 32.3 Å². The summed E-state index contributed by atoms with van der Waals surface area (Å²) in [6.45, 7) is 5.21. The summed E-state index contributed by atoms with van der Waals surface area (Å²) in [5.41, 5.74) is -0.707. The molecule has 3 atom stereocenters. The number of hydrogen-bond acceptors (Lipinski definition) is 6. The van der Waals surface area contributed by atoms with Crippen LogP contribution in [-0.4, -0.2) is 65.5 Å². The third kappa shape index (κ3) is 7.67. The Morgan fingerprint density at radius 3 is 2.31 bits per heavy atom. The van der Waals surface area contributed by atoms with E-state index in [1.165, 1.54) is 23.2 Å². The third-order valence-corrected chi connectivity index (χ3v) is 5.06. The molecule has 1 aromatic rings. The SMILES string of the molecule is CN(C)C(=O)[C@H]1CC[C@H](NC(=O)C(=O)Nc2ccc(Cl)cn2)C(NC(=O)OC(C)(C)C)C1. The lowest BCUT2D eigenvalue weighted by Gasteiger charge is -2.37. The molecule has 3 N–H and O–H groups in total. The molecule has 32 heavy (non-hydrogen) atoms. The zero-order valence-corrected chi connectivity index (χ0v) is 19.7. The molecule has 1 aliphatic carbocycles. The van der Waals surface area contributed by atoms with Gasteiger partial charge in [-0.1, -0.05) is 11.6 Å². The first kappa shape index (κ1) is 25.4. The highest BCUT2D eigenvalue weighted by molar-refractivity contribution is 6.39. The van der Waals surface area contributed by atoms with Crippen LogP contribution in [0.4, 0.5) is 10.6 Å². The number of hydrogen-bond donors (Lipinski definition) is 3. The van der Waals surface area contributed by atoms with Gasteiger partial charge in [-0.3, -0.25) is 14.4 Å². The van der Waals surface area contributed by atoms with E-state index in [1.807, 2.05) is 0 Å². The molecule has 0 bridgehead atoms. The van der Waals surface area contributed by atoms with E-state index in [4.69, 9.17) is 16.3 Å². The second-order valence-corrected chi connectivity index (χ2v) is 9.33. The normalized spacial score (nSPS) is 20.6. The van der Waals surface area contributed by atoms with E-state index in [9.17, 15) is 19.2 Å². The van der Waals surface area contributed by atoms with Crippen molar-refractivity contribution in [2.24, 2.45) is 5.92 Å². The Bertz CT molecular complexity index is 853. The van der Waals surface area contributed by atoms with Crippen molar-refractivity contribution in [3.8, 4) is 0 Å². The first-order chi connectivity index (χ1) is 14.9. The second kappa shape index (κ2) is 10.6. The summed E-state index contributed by atoms with van der Waals surface area (Å²) >= 11 is 5.76. The average Bonchev–Trinajstić information content (AvgIpc) is 2.68. The van der Waals surface area contributed by atoms with Gasteiger partial charge < -0.3 is 25.6 Å². The molecule has 1 aliphatic rings. The van der Waals surface area contributed by atoms with E-state index >= 15 is 0 Å². The highest BCUT2D eigenvalue weighted by atomic mass is 35.5. The Labute approximate surface area is 192 Å². The second-order valence-electron chi connectivity index (χ2n) is 8.89. The molecule has 0 spiro atoms. The van der Waals surface area contributed by atoms with Crippen LogP contribution in [0.5, 0.6) is 0 Å². The number of anilines is 1. The fourth-order valence-corrected chi connectivity index (χ4v) is 3.52. The first-order valence-corrected chi connectivity index (χ1v) is 10.7. The number of pyridine rings is 1. The Kier molecular flexibility index (Phi) is 8.43. The third-order valence-electron chi connectivity index (χ3n) is 4.83. The summed E-state index contributed by atoms with van der Waals surface area (Å²) < 4.78 is 5.32. The molecule has 1 unspecified atom stereocenters. The lowest BCUT2D eigenvalue weighted by atomic mass is 9.81. The number of carbonyl (C=O) groups is 4. The minimum Gasteiger partial charge on any atom is -0.444 e. The van der Waals surface area contributed by atoms with Crippen LogP contribution >= 0.6 is 11.6 Å². The van der Waals surface area contributed by atoms with E-state index in [0.717, 1.165) is 0 Å². The van der Waals surface area contributed by atoms with Gasteiger partial charge in [0.25, 0.3) is 0 Å². The molecule has 11 heteroatoms. The zero-order valence-electron chi connectivity index (χ0n) is 18.9. The average molecular weight is 468 g/mol. The number of nitrogens with one attached hydrogen (secondary N) is 3. The van der Waals surface area contributed by atoms with Crippen LogP contribution < -0.4 is 16.0 Å². The van der Waals surface area contributed by atoms with Crippen molar-refractivity contribution in [3.05, 3.63) is 23.4 Å². The quantitative estimate of drug-likeness (QED) is 0.580. The van der Waals surface area contributed by atoms with Crippen molar-refractivity contribution >= 4 is 41.2 Å². The number of amides is 4. The van der Waals surface area contributed by atoms with Crippen molar-refractivity contribution in [1.82, 2.24) is 20.5 Å². The van der Waals surface area contributed by atoms with Crippen molar-refractivity contribution in [2.75, 3.05) is 19.4 Å². The molecule has 1 fully saturated rings. The highest BCUT2D eigenvalue weighted by Gasteiger charge is 2.37. The number of aromatic nitrogens is 1. The Balaban J connectivity index is 2.07. The predicted octanol–water partition coefficient (Wildman–Crippen LogP) is 1.94. The number of carbonyl (C=O) groups excluding carboxylic acids is 4. The van der Waals surface area contributed by atoms with E-state index in [2.05, 4.69) is 20.9 Å². The Morgan fingerprint density at radius 2 is 1.75 bits per heavy atom. The van der Waals surface area contributed by atoms with Crippen LogP contribution in [0.25, 0.3) is 0 Å². The number of halogens is 1. The summed E-state index contributed by atoms with van der Waals surface area (Å²) in [6, 6.07) is 1.87. The van der Waals surface area contributed by atoms with Crippen molar-refractivity contribution in [1.29, 1.82) is 0 Å². The van der Waals surface area contributed by atoms with Crippen molar-refractivity contribution in [2.45, 2.75) is 57.7 Å². The summed E-state index contributed by atoms with van der Waals surface area (Å²) in [5.74, 6) is -1.97. The van der Waals surface area contributed by atoms with Crippen LogP contribution in [0.1, 0.15) is 40.0 Å². The number of alkyl carbamates (subject to hydrolysis) is 1. The molecule has 0 aliphatic heterocycles. The van der Waals surface area contributed by atoms with E-state index in [-0.39, 0.29) is 17.6 Å². The summed E-state index contributed by atoms with van der Waals surface area (Å²) in [4.78, 5) is 54.9. The largest absolute Gasteiger partial charge is 0.444 e. The lowest BCUT2D eigenvalue weighted by molar-refractivity contribution is -0.137. The van der Waals surface area contributed by atoms with Gasteiger partial charge in [0.1, 0.15) is 11.4 Å². The molecule has 4 amide bonds. The van der Waals surface area contributed by atoms with Gasteiger partial charge in [-0.25, -0.2) is 9.78 Å². The van der Waals surface area contributed by atoms with Crippen LogP contribution in [0.15, 0.2) is 18.3 Å². The van der Waals surface area contributed by atoms with Crippen LogP contribution in [0, 0.1) is 5.92 Å². The highest BCUT2D eigenvalue weighted by Crippen LogP contribution is 2.27. The zero-order chi connectivity index (χ0) is 24.1. The summed E-state index contributed by atoms with van der Waals surface area (Å²) in [6.07, 6.45) is 1.91. The maximum atomic E-state index is 12.5. The number of nitrogens with zero attached hydrogens (tertiary/aromatic N) is 2. The maximum absolute atomic E-state index is 12.5. The van der Waals surface area contributed by atoms with E-state index in [1.54, 1.807) is 34.9 Å². The van der Waals surface area contributed by atoms with E-state index < -0.39 is 35.6 Å². The Morgan fingerprint density at radius 1 is 1.06 bits per heavy atom. The molecular formula is C21H30ClN5O5. The van der Waals surface area contributed by atoms with Gasteiger partial charge in [0.05, 0.1) is 11.1 Å². The van der Waals surface area contributed by atoms with Crippen molar-refractivity contribution < 1.29 is 23.9 Å². The number of rotatable bonds is 4. The molecular weight excluding hydrogens is 438 g/mol. The monoisotopic (exact) mass is 467 g/mol. The smallest absolute Gasteiger partial charge is 0.407 e. The molecule has 176 valence electrons. The lowest BCUT2D eigenvalue weighted by Crippen LogP contribution is -2.57. The fraction of sp³-hybridized carbons (Fsp3) is 0.571. The molecule has 1 heterocycles. The van der Waals surface area contributed by atoms with Gasteiger partial charge in [-0.2, -0.15) is 0 Å². The van der Waals surface area contributed by atoms with Gasteiger partial charge >= 0.3 is 17.9 Å². The maximum Gasteiger partial charge on any atom is 0.407 e. The van der Waals surface area contributed by atoms with Gasteiger partial charge in [0.2, 0.25) is 5.91 Å². The van der Waals surface area contributed by atoms with Crippen molar-refractivity contribution in [3.63, 3.8) is 0 Å². The molecule has 1 saturated carbocycles. The van der Waals surface area contributed by atoms with Gasteiger partial charge in [-0.15, -0.1) is 0 Å². The van der Waals surface area contributed by atoms with E-state index in [0.29, 0.717) is 24.3 Å². The van der Waals surface area contributed by atoms with Crippen LogP contribution in [-0.2, 0) is 19.1 Å². The summed E-state index contributed by atoms with van der Waals surface area (Å²) in [7, 11) is 3.34. The topological polar surface area (TPSA) is 130 Å². The van der Waals surface area contributed by atoms with Crippen LogP contribution in [0.2, 0.25) is 5.02 Å². The predicted molar refractivity (Wildman–Crippen MR) is 119 cm³/mol. The molecule has 1 aromatic heterocycles. The minimum absolute atomic E-state index is 0.0580. The molecule has 2 rings (SSSR count). The fourth-order valence-electron chi connectivity index (χ4n) is 3.41. The summed E-state index contributed by atoms with van der Waals surface area (Å²) in [5, 5.41) is 8.19. The van der Waals surface area contributed by atoms with Crippen LogP contribution in [0.3, 0.4) is 0 Å².